The van der Waals surface area contributed by atoms with Crippen molar-refractivity contribution in [1.29, 1.82) is 5.26 Å². The van der Waals surface area contributed by atoms with Crippen LogP contribution in [0.5, 0.6) is 0 Å². The molecule has 1 aromatic carbocycles. The van der Waals surface area contributed by atoms with E-state index in [4.69, 9.17) is 5.26 Å². The number of hydrogen-bond donors (Lipinski definition) is 4. The molecule has 2 heterocycles. The Bertz CT molecular complexity index is 1010. The average Bonchev–Trinajstić information content (AvgIpc) is 3.01. The molecule has 0 fully saturated rings. The van der Waals surface area contributed by atoms with Gasteiger partial charge in [0.1, 0.15) is 23.9 Å². The lowest BCUT2D eigenvalue weighted by Crippen LogP contribution is -2.28. The first-order valence-corrected chi connectivity index (χ1v) is 8.34. The summed E-state index contributed by atoms with van der Waals surface area (Å²) in [6.45, 7) is 3.99. The van der Waals surface area contributed by atoms with Gasteiger partial charge in [0, 0.05) is 18.8 Å². The lowest BCUT2D eigenvalue weighted by molar-refractivity contribution is 0.253. The summed E-state index contributed by atoms with van der Waals surface area (Å²) >= 11 is 0. The first-order chi connectivity index (χ1) is 13.0. The van der Waals surface area contributed by atoms with Gasteiger partial charge in [0.15, 0.2) is 5.65 Å². The molecule has 0 bridgehead atoms. The number of nitriles is 1. The van der Waals surface area contributed by atoms with Gasteiger partial charge in [0.25, 0.3) is 0 Å². The number of carbonyl (C=O) groups is 1. The van der Waals surface area contributed by atoms with Crippen molar-refractivity contribution < 1.29 is 4.79 Å². The van der Waals surface area contributed by atoms with Crippen molar-refractivity contribution in [2.24, 2.45) is 0 Å². The minimum atomic E-state index is -0.494. The van der Waals surface area contributed by atoms with Crippen molar-refractivity contribution in [3.8, 4) is 6.07 Å². The number of nitrogens with one attached hydrogen (secondary N) is 4. The number of benzene rings is 1. The van der Waals surface area contributed by atoms with E-state index in [0.29, 0.717) is 23.0 Å². The number of aromatic nitrogens is 3. The van der Waals surface area contributed by atoms with E-state index in [1.165, 1.54) is 6.20 Å². The monoisotopic (exact) mass is 364 g/mol. The van der Waals surface area contributed by atoms with Crippen LogP contribution in [0.1, 0.15) is 11.1 Å². The summed E-state index contributed by atoms with van der Waals surface area (Å²) in [6, 6.07) is 9.35. The standard InChI is InChI=1S/C18H20N8O/c1-11-6-12(2)8-13(7-11)23-15-9-16(20-3)26-17(25-15)14(10-22-26)24-18(27)21-5-4-19/h6-10,20H,5H2,1-3H3,(H,23,25)(H2,21,24,27). The Morgan fingerprint density at radius 1 is 1.22 bits per heavy atom. The largest absolute Gasteiger partial charge is 0.373 e. The fourth-order valence-electron chi connectivity index (χ4n) is 2.77. The van der Waals surface area contributed by atoms with Gasteiger partial charge in [-0.3, -0.25) is 0 Å². The fourth-order valence-corrected chi connectivity index (χ4v) is 2.77. The van der Waals surface area contributed by atoms with Crippen LogP contribution < -0.4 is 21.3 Å². The number of aryl methyl sites for hydroxylation is 2. The predicted molar refractivity (Wildman–Crippen MR) is 104 cm³/mol. The molecule has 0 spiro atoms. The summed E-state index contributed by atoms with van der Waals surface area (Å²) in [5.74, 6) is 1.31. The van der Waals surface area contributed by atoms with Crippen molar-refractivity contribution in [1.82, 2.24) is 19.9 Å². The molecule has 27 heavy (non-hydrogen) atoms. The number of carbonyl (C=O) groups excluding carboxylic acids is 1. The number of urea groups is 1. The van der Waals surface area contributed by atoms with E-state index in [9.17, 15) is 4.79 Å². The molecule has 0 aliphatic rings. The number of hydrogen-bond acceptors (Lipinski definition) is 6. The van der Waals surface area contributed by atoms with Gasteiger partial charge < -0.3 is 21.3 Å². The lowest BCUT2D eigenvalue weighted by Gasteiger charge is -2.11. The van der Waals surface area contributed by atoms with Gasteiger partial charge in [0.2, 0.25) is 0 Å². The first-order valence-electron chi connectivity index (χ1n) is 8.34. The van der Waals surface area contributed by atoms with E-state index < -0.39 is 6.03 Å². The summed E-state index contributed by atoms with van der Waals surface area (Å²) in [5.41, 5.74) is 4.13. The molecule has 0 aliphatic heterocycles. The SMILES string of the molecule is CNc1cc(Nc2cc(C)cc(C)c2)nc2c(NC(=O)NCC#N)cnn12. The molecule has 138 valence electrons. The zero-order valence-corrected chi connectivity index (χ0v) is 15.3. The molecule has 0 unspecified atom stereocenters. The highest BCUT2D eigenvalue weighted by molar-refractivity contribution is 5.93. The van der Waals surface area contributed by atoms with Crippen LogP contribution >= 0.6 is 0 Å². The Morgan fingerprint density at radius 2 is 1.96 bits per heavy atom. The first kappa shape index (κ1) is 18.0. The molecule has 2 aromatic heterocycles. The molecule has 9 nitrogen and oxygen atoms in total. The van der Waals surface area contributed by atoms with Crippen molar-refractivity contribution in [2.45, 2.75) is 13.8 Å². The third kappa shape index (κ3) is 4.07. The average molecular weight is 364 g/mol. The van der Waals surface area contributed by atoms with Gasteiger partial charge in [-0.2, -0.15) is 14.9 Å². The molecule has 9 heteroatoms. The number of amides is 2. The minimum Gasteiger partial charge on any atom is -0.373 e. The van der Waals surface area contributed by atoms with Gasteiger partial charge in [-0.15, -0.1) is 0 Å². The molecule has 0 aliphatic carbocycles. The van der Waals surface area contributed by atoms with Gasteiger partial charge >= 0.3 is 6.03 Å². The maximum absolute atomic E-state index is 11.8. The third-order valence-electron chi connectivity index (χ3n) is 3.80. The molecular weight excluding hydrogens is 344 g/mol. The highest BCUT2D eigenvalue weighted by Gasteiger charge is 2.13. The molecule has 0 saturated heterocycles. The Labute approximate surface area is 156 Å². The van der Waals surface area contributed by atoms with Gasteiger partial charge in [-0.1, -0.05) is 6.07 Å². The zero-order valence-electron chi connectivity index (χ0n) is 15.3. The Kier molecular flexibility index (Phi) is 5.08. The lowest BCUT2D eigenvalue weighted by atomic mass is 10.1. The van der Waals surface area contributed by atoms with Crippen LogP contribution in [0.25, 0.3) is 5.65 Å². The second-order valence-electron chi connectivity index (χ2n) is 6.04. The molecule has 0 saturated carbocycles. The smallest absolute Gasteiger partial charge is 0.320 e. The molecule has 2 amide bonds. The second-order valence-corrected chi connectivity index (χ2v) is 6.04. The van der Waals surface area contributed by atoms with Gasteiger partial charge in [0.05, 0.1) is 12.3 Å². The summed E-state index contributed by atoms with van der Waals surface area (Å²) in [6.07, 6.45) is 1.51. The second kappa shape index (κ2) is 7.61. The van der Waals surface area contributed by atoms with E-state index in [1.807, 2.05) is 38.1 Å². The van der Waals surface area contributed by atoms with Crippen LogP contribution in [0.15, 0.2) is 30.5 Å². The molecule has 0 radical (unpaired) electrons. The van der Waals surface area contributed by atoms with Crippen LogP contribution in [-0.2, 0) is 0 Å². The van der Waals surface area contributed by atoms with E-state index in [1.54, 1.807) is 11.6 Å². The fraction of sp³-hybridized carbons (Fsp3) is 0.222. The van der Waals surface area contributed by atoms with Crippen LogP contribution in [0.2, 0.25) is 0 Å². The Morgan fingerprint density at radius 3 is 2.63 bits per heavy atom. The highest BCUT2D eigenvalue weighted by atomic mass is 16.2. The molecule has 3 rings (SSSR count). The summed E-state index contributed by atoms with van der Waals surface area (Å²) in [7, 11) is 1.78. The minimum absolute atomic E-state index is 0.0836. The number of fused-ring (bicyclic) bond motifs is 1. The van der Waals surface area contributed by atoms with E-state index in [0.717, 1.165) is 16.8 Å². The van der Waals surface area contributed by atoms with Crippen molar-refractivity contribution in [3.05, 3.63) is 41.6 Å². The number of nitrogens with zero attached hydrogens (tertiary/aromatic N) is 4. The molecule has 3 aromatic rings. The van der Waals surface area contributed by atoms with E-state index >= 15 is 0 Å². The summed E-state index contributed by atoms with van der Waals surface area (Å²) < 4.78 is 1.59. The topological polar surface area (TPSA) is 119 Å². The molecule has 4 N–H and O–H groups in total. The van der Waals surface area contributed by atoms with E-state index in [-0.39, 0.29) is 6.54 Å². The van der Waals surface area contributed by atoms with E-state index in [2.05, 4.69) is 37.4 Å². The summed E-state index contributed by atoms with van der Waals surface area (Å²) in [4.78, 5) is 16.4. The maximum atomic E-state index is 11.8. The number of rotatable bonds is 5. The molecule has 0 atom stereocenters. The van der Waals surface area contributed by atoms with Crippen LogP contribution in [0.3, 0.4) is 0 Å². The highest BCUT2D eigenvalue weighted by Crippen LogP contribution is 2.25. The van der Waals surface area contributed by atoms with Crippen molar-refractivity contribution in [2.75, 3.05) is 29.5 Å². The Balaban J connectivity index is 1.95. The van der Waals surface area contributed by atoms with Crippen molar-refractivity contribution in [3.63, 3.8) is 0 Å². The van der Waals surface area contributed by atoms with Crippen LogP contribution in [0.4, 0.5) is 27.8 Å². The normalized spacial score (nSPS) is 10.3. The molecular formula is C18H20N8O. The predicted octanol–water partition coefficient (Wildman–Crippen LogP) is 2.78. The van der Waals surface area contributed by atoms with Crippen LogP contribution in [-0.4, -0.2) is 34.2 Å². The quantitative estimate of drug-likeness (QED) is 0.517. The van der Waals surface area contributed by atoms with Gasteiger partial charge in [-0.05, 0) is 37.1 Å². The Hall–Kier alpha value is -3.80. The third-order valence-corrected chi connectivity index (χ3v) is 3.80. The van der Waals surface area contributed by atoms with Crippen LogP contribution in [0, 0.1) is 25.2 Å². The maximum Gasteiger partial charge on any atom is 0.320 e. The zero-order chi connectivity index (χ0) is 19.4. The van der Waals surface area contributed by atoms with Crippen molar-refractivity contribution >= 4 is 34.7 Å². The number of anilines is 4. The summed E-state index contributed by atoms with van der Waals surface area (Å²) in [5, 5.41) is 24.3. The van der Waals surface area contributed by atoms with Gasteiger partial charge in [-0.25, -0.2) is 9.78 Å².